The summed E-state index contributed by atoms with van der Waals surface area (Å²) in [5.74, 6) is 0. The molecule has 0 fully saturated rings. The van der Waals surface area contributed by atoms with Gasteiger partial charge in [0.1, 0.15) is 0 Å². The summed E-state index contributed by atoms with van der Waals surface area (Å²) in [6.07, 6.45) is 5.31. The second kappa shape index (κ2) is 5.22. The lowest BCUT2D eigenvalue weighted by molar-refractivity contribution is 0.549. The van der Waals surface area contributed by atoms with E-state index in [0.717, 1.165) is 6.42 Å². The molecule has 0 N–H and O–H groups in total. The van der Waals surface area contributed by atoms with E-state index in [1.807, 2.05) is 0 Å². The number of hydrogen-bond acceptors (Lipinski definition) is 0. The summed E-state index contributed by atoms with van der Waals surface area (Å²) in [5.41, 5.74) is 1.40. The summed E-state index contributed by atoms with van der Waals surface area (Å²) in [6, 6.07) is 17.6. The van der Waals surface area contributed by atoms with Crippen LogP contribution in [0.2, 0.25) is 0 Å². The van der Waals surface area contributed by atoms with Gasteiger partial charge < -0.3 is 4.57 Å². The third kappa shape index (κ3) is 2.45. The second-order valence-corrected chi connectivity index (χ2v) is 5.79. The van der Waals surface area contributed by atoms with E-state index in [4.69, 9.17) is 0 Å². The van der Waals surface area contributed by atoms with Gasteiger partial charge in [-0.2, -0.15) is 0 Å². The normalized spacial score (nSPS) is 12.7. The molecule has 3 rings (SSSR count). The first-order valence-electron chi connectivity index (χ1n) is 6.54. The molecular weight excluding hydrogens is 298 g/mol. The Morgan fingerprint density at radius 3 is 2.42 bits per heavy atom. The third-order valence-electron chi connectivity index (χ3n) is 3.61. The number of halogens is 1. The van der Waals surface area contributed by atoms with E-state index in [0.29, 0.717) is 6.04 Å². The largest absolute Gasteiger partial charge is 0.351 e. The summed E-state index contributed by atoms with van der Waals surface area (Å²) >= 11 is 3.63. The maximum Gasteiger partial charge on any atom is 0.0343 e. The maximum atomic E-state index is 3.63. The predicted molar refractivity (Wildman–Crippen MR) is 84.5 cm³/mol. The van der Waals surface area contributed by atoms with Crippen LogP contribution in [0.15, 0.2) is 65.4 Å². The number of benzene rings is 2. The molecule has 1 aromatic heterocycles. The van der Waals surface area contributed by atoms with E-state index in [-0.39, 0.29) is 0 Å². The number of fused-ring (bicyclic) bond motifs is 1. The van der Waals surface area contributed by atoms with Crippen molar-refractivity contribution in [2.75, 3.05) is 0 Å². The van der Waals surface area contributed by atoms with Gasteiger partial charge in [0.15, 0.2) is 0 Å². The van der Waals surface area contributed by atoms with Crippen molar-refractivity contribution in [3.8, 4) is 0 Å². The van der Waals surface area contributed by atoms with Gasteiger partial charge in [-0.1, -0.05) is 46.3 Å². The lowest BCUT2D eigenvalue weighted by Crippen LogP contribution is -2.06. The van der Waals surface area contributed by atoms with E-state index < -0.39 is 0 Å². The van der Waals surface area contributed by atoms with Crippen molar-refractivity contribution in [2.45, 2.75) is 19.4 Å². The van der Waals surface area contributed by atoms with Gasteiger partial charge in [0.2, 0.25) is 0 Å². The van der Waals surface area contributed by atoms with Crippen LogP contribution in [0.3, 0.4) is 0 Å². The Balaban J connectivity index is 1.99. The topological polar surface area (TPSA) is 4.93 Å². The minimum atomic E-state index is 0.472. The van der Waals surface area contributed by atoms with Crippen molar-refractivity contribution in [1.29, 1.82) is 0 Å². The number of nitrogens with zero attached hydrogens (tertiary/aromatic N) is 1. The molecule has 0 aliphatic rings. The zero-order chi connectivity index (χ0) is 13.2. The van der Waals surface area contributed by atoms with Crippen molar-refractivity contribution >= 4 is 26.7 Å². The molecule has 0 saturated carbocycles. The Bertz CT molecular complexity index is 686. The molecule has 1 atom stereocenters. The van der Waals surface area contributed by atoms with Gasteiger partial charge in [-0.15, -0.1) is 0 Å². The SMILES string of the molecule is CC(Cc1cccc2c(Br)cccc12)n1cccc1. The molecule has 0 amide bonds. The van der Waals surface area contributed by atoms with Crippen LogP contribution >= 0.6 is 15.9 Å². The predicted octanol–water partition coefficient (Wildman–Crippen LogP) is 5.21. The van der Waals surface area contributed by atoms with E-state index in [1.165, 1.54) is 20.8 Å². The molecule has 0 radical (unpaired) electrons. The van der Waals surface area contributed by atoms with Gasteiger partial charge >= 0.3 is 0 Å². The number of aromatic nitrogens is 1. The van der Waals surface area contributed by atoms with Crippen molar-refractivity contribution in [3.63, 3.8) is 0 Å². The van der Waals surface area contributed by atoms with Crippen LogP contribution in [0, 0.1) is 0 Å². The van der Waals surface area contributed by atoms with E-state index >= 15 is 0 Å². The van der Waals surface area contributed by atoms with Crippen LogP contribution in [0.5, 0.6) is 0 Å². The highest BCUT2D eigenvalue weighted by Crippen LogP contribution is 2.28. The summed E-state index contributed by atoms with van der Waals surface area (Å²) in [4.78, 5) is 0. The molecule has 1 nitrogen and oxygen atoms in total. The molecule has 96 valence electrons. The number of hydrogen-bond donors (Lipinski definition) is 0. The smallest absolute Gasteiger partial charge is 0.0343 e. The van der Waals surface area contributed by atoms with Crippen molar-refractivity contribution < 1.29 is 0 Å². The van der Waals surface area contributed by atoms with Gasteiger partial charge in [-0.3, -0.25) is 0 Å². The first-order chi connectivity index (χ1) is 9.25. The Morgan fingerprint density at radius 1 is 0.947 bits per heavy atom. The maximum absolute atomic E-state index is 3.63. The van der Waals surface area contributed by atoms with Gasteiger partial charge in [0.25, 0.3) is 0 Å². The molecule has 3 aromatic rings. The molecule has 19 heavy (non-hydrogen) atoms. The third-order valence-corrected chi connectivity index (χ3v) is 4.30. The molecule has 2 heteroatoms. The average molecular weight is 314 g/mol. The van der Waals surface area contributed by atoms with Gasteiger partial charge in [-0.25, -0.2) is 0 Å². The standard InChI is InChI=1S/C17H16BrN/c1-13(19-10-2-3-11-19)12-14-6-4-8-16-15(14)7-5-9-17(16)18/h2-11,13H,12H2,1H3. The van der Waals surface area contributed by atoms with Crippen molar-refractivity contribution in [2.24, 2.45) is 0 Å². The minimum absolute atomic E-state index is 0.472. The first kappa shape index (κ1) is 12.5. The first-order valence-corrected chi connectivity index (χ1v) is 7.33. The summed E-state index contributed by atoms with van der Waals surface area (Å²) in [5, 5.41) is 2.63. The Labute approximate surface area is 122 Å². The highest BCUT2D eigenvalue weighted by atomic mass is 79.9. The van der Waals surface area contributed by atoms with Crippen molar-refractivity contribution in [1.82, 2.24) is 4.57 Å². The molecule has 1 heterocycles. The fraction of sp³-hybridized carbons (Fsp3) is 0.176. The van der Waals surface area contributed by atoms with Crippen LogP contribution in [-0.4, -0.2) is 4.57 Å². The summed E-state index contributed by atoms with van der Waals surface area (Å²) in [6.45, 7) is 2.26. The Hall–Kier alpha value is -1.54. The lowest BCUT2D eigenvalue weighted by atomic mass is 9.99. The van der Waals surface area contributed by atoms with Crippen LogP contribution in [0.1, 0.15) is 18.5 Å². The molecule has 0 saturated heterocycles. The van der Waals surface area contributed by atoms with Gasteiger partial charge in [-0.05, 0) is 47.9 Å². The van der Waals surface area contributed by atoms with Crippen LogP contribution in [-0.2, 0) is 6.42 Å². The van der Waals surface area contributed by atoms with E-state index in [2.05, 4.69) is 88.3 Å². The highest BCUT2D eigenvalue weighted by molar-refractivity contribution is 9.10. The van der Waals surface area contributed by atoms with Gasteiger partial charge in [0.05, 0.1) is 0 Å². The van der Waals surface area contributed by atoms with E-state index in [1.54, 1.807) is 0 Å². The van der Waals surface area contributed by atoms with Crippen LogP contribution < -0.4 is 0 Å². The molecule has 2 aromatic carbocycles. The molecule has 0 bridgehead atoms. The Kier molecular flexibility index (Phi) is 3.43. The second-order valence-electron chi connectivity index (χ2n) is 4.94. The minimum Gasteiger partial charge on any atom is -0.351 e. The quantitative estimate of drug-likeness (QED) is 0.625. The van der Waals surface area contributed by atoms with Crippen LogP contribution in [0.4, 0.5) is 0 Å². The summed E-state index contributed by atoms with van der Waals surface area (Å²) < 4.78 is 3.43. The average Bonchev–Trinajstić information content (AvgIpc) is 2.94. The summed E-state index contributed by atoms with van der Waals surface area (Å²) in [7, 11) is 0. The highest BCUT2D eigenvalue weighted by Gasteiger charge is 2.08. The number of rotatable bonds is 3. The Morgan fingerprint density at radius 2 is 1.63 bits per heavy atom. The zero-order valence-corrected chi connectivity index (χ0v) is 12.5. The molecule has 0 aliphatic carbocycles. The molecule has 0 spiro atoms. The lowest BCUT2D eigenvalue weighted by Gasteiger charge is -2.15. The monoisotopic (exact) mass is 313 g/mol. The van der Waals surface area contributed by atoms with E-state index in [9.17, 15) is 0 Å². The van der Waals surface area contributed by atoms with Crippen molar-refractivity contribution in [3.05, 3.63) is 71.0 Å². The fourth-order valence-corrected chi connectivity index (χ4v) is 3.08. The molecule has 1 unspecified atom stereocenters. The van der Waals surface area contributed by atoms with Gasteiger partial charge in [0, 0.05) is 22.9 Å². The van der Waals surface area contributed by atoms with Crippen LogP contribution in [0.25, 0.3) is 10.8 Å². The zero-order valence-electron chi connectivity index (χ0n) is 10.9. The molecular formula is C17H16BrN. The molecule has 0 aliphatic heterocycles. The fourth-order valence-electron chi connectivity index (χ4n) is 2.58.